The number of nitrogens with one attached hydrogen (secondary N) is 1. The Kier molecular flexibility index (Phi) is 5.23. The van der Waals surface area contributed by atoms with E-state index in [1.807, 2.05) is 37.1 Å². The van der Waals surface area contributed by atoms with Gasteiger partial charge in [-0.15, -0.1) is 11.3 Å². The van der Waals surface area contributed by atoms with Gasteiger partial charge in [0.1, 0.15) is 4.83 Å². The van der Waals surface area contributed by atoms with Gasteiger partial charge in [0.2, 0.25) is 5.91 Å². The Hall–Kier alpha value is -2.58. The molecule has 0 bridgehead atoms. The topological polar surface area (TPSA) is 80.1 Å². The van der Waals surface area contributed by atoms with Crippen molar-refractivity contribution in [1.82, 2.24) is 24.8 Å². The van der Waals surface area contributed by atoms with Gasteiger partial charge in [-0.05, 0) is 31.0 Å². The standard InChI is InChI=1S/C20H23N5O2S/c1-13-14(2)28-19-18(13)20(27)24(12-23-19)8-5-17(26)25-9-7-22-11-16(25)15-4-3-6-21-10-15/h3-4,6,10,12,16,22H,5,7-9,11H2,1-2H3. The second-order valence-corrected chi connectivity index (χ2v) is 8.25. The summed E-state index contributed by atoms with van der Waals surface area (Å²) in [5, 5.41) is 4.02. The van der Waals surface area contributed by atoms with Crippen LogP contribution in [0.1, 0.15) is 28.5 Å². The van der Waals surface area contributed by atoms with E-state index in [0.29, 0.717) is 25.0 Å². The highest BCUT2D eigenvalue weighted by Gasteiger charge is 2.27. The first-order valence-corrected chi connectivity index (χ1v) is 10.2. The predicted molar refractivity (Wildman–Crippen MR) is 110 cm³/mol. The van der Waals surface area contributed by atoms with Gasteiger partial charge >= 0.3 is 0 Å². The summed E-state index contributed by atoms with van der Waals surface area (Å²) in [7, 11) is 0. The molecular weight excluding hydrogens is 374 g/mol. The number of amides is 1. The molecule has 146 valence electrons. The maximum absolute atomic E-state index is 12.9. The molecule has 4 heterocycles. The van der Waals surface area contributed by atoms with Crippen LogP contribution in [0, 0.1) is 13.8 Å². The van der Waals surface area contributed by atoms with Crippen molar-refractivity contribution in [3.05, 3.63) is 57.2 Å². The van der Waals surface area contributed by atoms with E-state index in [4.69, 9.17) is 0 Å². The van der Waals surface area contributed by atoms with Crippen LogP contribution in [0.3, 0.4) is 0 Å². The van der Waals surface area contributed by atoms with Crippen molar-refractivity contribution in [3.8, 4) is 0 Å². The molecule has 0 saturated carbocycles. The number of aromatic nitrogens is 3. The van der Waals surface area contributed by atoms with E-state index < -0.39 is 0 Å². The number of hydrogen-bond donors (Lipinski definition) is 1. The molecule has 7 nitrogen and oxygen atoms in total. The lowest BCUT2D eigenvalue weighted by Gasteiger charge is -2.36. The minimum absolute atomic E-state index is 0.0333. The van der Waals surface area contributed by atoms with Crippen LogP contribution >= 0.6 is 11.3 Å². The SMILES string of the molecule is Cc1sc2ncn(CCC(=O)N3CCNCC3c3cccnc3)c(=O)c2c1C. The van der Waals surface area contributed by atoms with Gasteiger partial charge in [-0.2, -0.15) is 0 Å². The number of aryl methyl sites for hydroxylation is 3. The lowest BCUT2D eigenvalue weighted by atomic mass is 10.0. The second-order valence-electron chi connectivity index (χ2n) is 7.05. The van der Waals surface area contributed by atoms with Crippen LogP contribution in [0.25, 0.3) is 10.2 Å². The van der Waals surface area contributed by atoms with Crippen molar-refractivity contribution in [2.75, 3.05) is 19.6 Å². The molecular formula is C20H23N5O2S. The number of nitrogens with zero attached hydrogens (tertiary/aromatic N) is 4. The van der Waals surface area contributed by atoms with Gasteiger partial charge in [0.05, 0.1) is 17.8 Å². The van der Waals surface area contributed by atoms with Gasteiger partial charge in [-0.1, -0.05) is 6.07 Å². The van der Waals surface area contributed by atoms with Gasteiger partial charge in [0, 0.05) is 49.9 Å². The number of thiophene rings is 1. The highest BCUT2D eigenvalue weighted by atomic mass is 32.1. The van der Waals surface area contributed by atoms with Crippen LogP contribution in [0.2, 0.25) is 0 Å². The van der Waals surface area contributed by atoms with E-state index in [2.05, 4.69) is 15.3 Å². The van der Waals surface area contributed by atoms with Gasteiger partial charge in [-0.3, -0.25) is 19.1 Å². The fraction of sp³-hybridized carbons (Fsp3) is 0.400. The molecule has 1 aliphatic rings. The van der Waals surface area contributed by atoms with Crippen LogP contribution in [0.5, 0.6) is 0 Å². The van der Waals surface area contributed by atoms with Crippen LogP contribution in [-0.4, -0.2) is 45.0 Å². The molecule has 3 aromatic heterocycles. The molecule has 0 spiro atoms. The van der Waals surface area contributed by atoms with Crippen molar-refractivity contribution in [2.45, 2.75) is 32.9 Å². The van der Waals surface area contributed by atoms with E-state index in [-0.39, 0.29) is 23.9 Å². The van der Waals surface area contributed by atoms with Crippen LogP contribution < -0.4 is 10.9 Å². The lowest BCUT2D eigenvalue weighted by Crippen LogP contribution is -2.49. The average molecular weight is 398 g/mol. The number of rotatable bonds is 4. The Labute approximate surface area is 167 Å². The normalized spacial score (nSPS) is 17.2. The van der Waals surface area contributed by atoms with Gasteiger partial charge in [0.25, 0.3) is 5.56 Å². The summed E-state index contributed by atoms with van der Waals surface area (Å²) in [5.74, 6) is 0.0422. The molecule has 1 unspecified atom stereocenters. The van der Waals surface area contributed by atoms with Crippen LogP contribution in [0.4, 0.5) is 0 Å². The molecule has 1 aliphatic heterocycles. The minimum Gasteiger partial charge on any atom is -0.333 e. The number of piperazine rings is 1. The van der Waals surface area contributed by atoms with Crippen molar-refractivity contribution < 1.29 is 4.79 Å². The molecule has 1 N–H and O–H groups in total. The molecule has 8 heteroatoms. The largest absolute Gasteiger partial charge is 0.333 e. The van der Waals surface area contributed by atoms with E-state index >= 15 is 0 Å². The van der Waals surface area contributed by atoms with Crippen molar-refractivity contribution in [1.29, 1.82) is 0 Å². The summed E-state index contributed by atoms with van der Waals surface area (Å²) in [4.78, 5) is 38.1. The molecule has 1 atom stereocenters. The molecule has 0 radical (unpaired) electrons. The smallest absolute Gasteiger partial charge is 0.262 e. The predicted octanol–water partition coefficient (Wildman–Crippen LogP) is 2.03. The fourth-order valence-electron chi connectivity index (χ4n) is 3.66. The Morgan fingerprint density at radius 3 is 3.04 bits per heavy atom. The van der Waals surface area contributed by atoms with Crippen molar-refractivity contribution in [3.63, 3.8) is 0 Å². The van der Waals surface area contributed by atoms with Crippen molar-refractivity contribution in [2.24, 2.45) is 0 Å². The number of pyridine rings is 1. The summed E-state index contributed by atoms with van der Waals surface area (Å²) in [6.07, 6.45) is 5.37. The quantitative estimate of drug-likeness (QED) is 0.729. The summed E-state index contributed by atoms with van der Waals surface area (Å²) < 4.78 is 1.56. The first-order chi connectivity index (χ1) is 13.6. The van der Waals surface area contributed by atoms with Crippen LogP contribution in [-0.2, 0) is 11.3 Å². The third-order valence-electron chi connectivity index (χ3n) is 5.36. The van der Waals surface area contributed by atoms with Gasteiger partial charge in [-0.25, -0.2) is 4.98 Å². The molecule has 3 aromatic rings. The Morgan fingerprint density at radius 2 is 2.25 bits per heavy atom. The Morgan fingerprint density at radius 1 is 1.39 bits per heavy atom. The number of carbonyl (C=O) groups is 1. The Balaban J connectivity index is 1.52. The van der Waals surface area contributed by atoms with Crippen LogP contribution in [0.15, 0.2) is 35.6 Å². The number of carbonyl (C=O) groups excluding carboxylic acids is 1. The number of fused-ring (bicyclic) bond motifs is 1. The van der Waals surface area contributed by atoms with E-state index in [9.17, 15) is 9.59 Å². The monoisotopic (exact) mass is 397 g/mol. The molecule has 0 aliphatic carbocycles. The first-order valence-electron chi connectivity index (χ1n) is 9.41. The van der Waals surface area contributed by atoms with Gasteiger partial charge in [0.15, 0.2) is 0 Å². The maximum atomic E-state index is 12.9. The van der Waals surface area contributed by atoms with E-state index in [0.717, 1.165) is 27.4 Å². The summed E-state index contributed by atoms with van der Waals surface area (Å²) in [5.41, 5.74) is 1.94. The summed E-state index contributed by atoms with van der Waals surface area (Å²) in [6, 6.07) is 3.85. The first kappa shape index (κ1) is 18.8. The molecule has 28 heavy (non-hydrogen) atoms. The van der Waals surface area contributed by atoms with E-state index in [1.165, 1.54) is 11.3 Å². The Bertz CT molecular complexity index is 1060. The maximum Gasteiger partial charge on any atom is 0.262 e. The second kappa shape index (κ2) is 7.81. The fourth-order valence-corrected chi connectivity index (χ4v) is 4.65. The highest BCUT2D eigenvalue weighted by Crippen LogP contribution is 2.25. The van der Waals surface area contributed by atoms with Crippen molar-refractivity contribution >= 4 is 27.5 Å². The zero-order valence-corrected chi connectivity index (χ0v) is 16.8. The molecule has 1 fully saturated rings. The zero-order chi connectivity index (χ0) is 19.7. The summed E-state index contributed by atoms with van der Waals surface area (Å²) >= 11 is 1.53. The minimum atomic E-state index is -0.0660. The van der Waals surface area contributed by atoms with Gasteiger partial charge < -0.3 is 10.2 Å². The zero-order valence-electron chi connectivity index (χ0n) is 16.0. The molecule has 0 aromatic carbocycles. The average Bonchev–Trinajstić information content (AvgIpc) is 3.02. The lowest BCUT2D eigenvalue weighted by molar-refractivity contribution is -0.134. The molecule has 1 saturated heterocycles. The molecule has 4 rings (SSSR count). The third-order valence-corrected chi connectivity index (χ3v) is 6.47. The highest BCUT2D eigenvalue weighted by molar-refractivity contribution is 7.18. The third kappa shape index (κ3) is 3.45. The molecule has 1 amide bonds. The number of hydrogen-bond acceptors (Lipinski definition) is 6. The summed E-state index contributed by atoms with van der Waals surface area (Å²) in [6.45, 7) is 6.40. The van der Waals surface area contributed by atoms with E-state index in [1.54, 1.807) is 17.1 Å².